The number of rotatable bonds is 10. The van der Waals surface area contributed by atoms with E-state index >= 15 is 0 Å². The van der Waals surface area contributed by atoms with Crippen LogP contribution in [0.15, 0.2) is 47.4 Å². The largest absolute Gasteiger partial charge is 0.476 e. The van der Waals surface area contributed by atoms with Crippen molar-refractivity contribution in [2.45, 2.75) is 51.0 Å². The smallest absolute Gasteiger partial charge is 0.356 e. The number of carboxylic acid groups (broad SMARTS) is 1. The highest BCUT2D eigenvalue weighted by Crippen LogP contribution is 2.36. The first-order valence-electron chi connectivity index (χ1n) is 11.7. The molecule has 1 amide bonds. The fraction of sp³-hybridized carbons (Fsp3) is 0.320. The fourth-order valence-corrected chi connectivity index (χ4v) is 5.15. The Morgan fingerprint density at radius 3 is 2.49 bits per heavy atom. The van der Waals surface area contributed by atoms with Crippen molar-refractivity contribution >= 4 is 39.2 Å². The molecule has 1 aliphatic rings. The van der Waals surface area contributed by atoms with Crippen molar-refractivity contribution in [2.75, 3.05) is 5.32 Å². The Balaban J connectivity index is 1.81. The third kappa shape index (κ3) is 5.95. The second-order valence-corrected chi connectivity index (χ2v) is 11.0. The summed E-state index contributed by atoms with van der Waals surface area (Å²) in [4.78, 5) is 23.9. The van der Waals surface area contributed by atoms with Crippen molar-refractivity contribution in [3.8, 4) is 17.3 Å². The SMILES string of the molecule is CCC(C)NS(=O)(=O)c1cc(NC(=O)C2CC2)ccc1Oc1c(C)c(C(=O)O)nn1-c1ccc(Cl)cc1. The molecule has 0 saturated heterocycles. The molecule has 4 rings (SSSR count). The van der Waals surface area contributed by atoms with Gasteiger partial charge >= 0.3 is 5.97 Å². The monoisotopic (exact) mass is 546 g/mol. The summed E-state index contributed by atoms with van der Waals surface area (Å²) in [7, 11) is -4.08. The summed E-state index contributed by atoms with van der Waals surface area (Å²) in [5.41, 5.74) is 0.723. The Labute approximate surface area is 219 Å². The molecular weight excluding hydrogens is 520 g/mol. The number of nitrogens with zero attached hydrogens (tertiary/aromatic N) is 2. The van der Waals surface area contributed by atoms with E-state index in [0.717, 1.165) is 12.8 Å². The van der Waals surface area contributed by atoms with Gasteiger partial charge in [-0.3, -0.25) is 4.79 Å². The Kier molecular flexibility index (Phi) is 7.58. The molecule has 0 aliphatic heterocycles. The normalized spacial score (nSPS) is 14.3. The summed E-state index contributed by atoms with van der Waals surface area (Å²) in [5, 5.41) is 17.0. The van der Waals surface area contributed by atoms with Crippen LogP contribution in [0.1, 0.15) is 49.2 Å². The molecule has 1 fully saturated rings. The van der Waals surface area contributed by atoms with Gasteiger partial charge in [0.25, 0.3) is 0 Å². The molecule has 1 saturated carbocycles. The Morgan fingerprint density at radius 1 is 1.22 bits per heavy atom. The van der Waals surface area contributed by atoms with Crippen molar-refractivity contribution in [3.05, 3.63) is 58.7 Å². The van der Waals surface area contributed by atoms with Gasteiger partial charge in [-0.15, -0.1) is 0 Å². The molecule has 37 heavy (non-hydrogen) atoms. The number of benzene rings is 2. The number of carboxylic acids is 1. The zero-order valence-corrected chi connectivity index (χ0v) is 22.1. The van der Waals surface area contributed by atoms with Crippen LogP contribution in [0.25, 0.3) is 5.69 Å². The second kappa shape index (κ2) is 10.5. The average Bonchev–Trinajstić information content (AvgIpc) is 3.65. The lowest BCUT2D eigenvalue weighted by Gasteiger charge is -2.17. The minimum absolute atomic E-state index is 0.0227. The number of hydrogen-bond acceptors (Lipinski definition) is 6. The Hall–Kier alpha value is -3.41. The zero-order chi connectivity index (χ0) is 26.9. The lowest BCUT2D eigenvalue weighted by Crippen LogP contribution is -2.32. The molecule has 0 bridgehead atoms. The maximum absolute atomic E-state index is 13.4. The predicted octanol–water partition coefficient (Wildman–Crippen LogP) is 4.75. The minimum Gasteiger partial charge on any atom is -0.476 e. The van der Waals surface area contributed by atoms with Crippen LogP contribution in [0.2, 0.25) is 5.02 Å². The van der Waals surface area contributed by atoms with Crippen molar-refractivity contribution in [3.63, 3.8) is 0 Å². The van der Waals surface area contributed by atoms with Crippen molar-refractivity contribution in [1.29, 1.82) is 0 Å². The maximum atomic E-state index is 13.4. The number of anilines is 1. The number of halogens is 1. The van der Waals surface area contributed by atoms with E-state index in [1.54, 1.807) is 31.2 Å². The summed E-state index contributed by atoms with van der Waals surface area (Å²) < 4.78 is 36.7. The number of sulfonamides is 1. The molecule has 1 atom stereocenters. The number of hydrogen-bond donors (Lipinski definition) is 3. The highest BCUT2D eigenvalue weighted by molar-refractivity contribution is 7.89. The van der Waals surface area contributed by atoms with Crippen LogP contribution in [0.3, 0.4) is 0 Å². The molecule has 1 heterocycles. The molecule has 0 spiro atoms. The second-order valence-electron chi connectivity index (χ2n) is 8.93. The summed E-state index contributed by atoms with van der Waals surface area (Å²) in [6, 6.07) is 10.4. The minimum atomic E-state index is -4.08. The molecule has 1 aromatic heterocycles. The number of carbonyl (C=O) groups excluding carboxylic acids is 1. The highest BCUT2D eigenvalue weighted by atomic mass is 35.5. The maximum Gasteiger partial charge on any atom is 0.356 e. The molecule has 1 unspecified atom stereocenters. The van der Waals surface area contributed by atoms with Crippen molar-refractivity contribution < 1.29 is 27.9 Å². The number of nitrogens with one attached hydrogen (secondary N) is 2. The molecule has 3 N–H and O–H groups in total. The van der Waals surface area contributed by atoms with E-state index in [9.17, 15) is 23.1 Å². The quantitative estimate of drug-likeness (QED) is 0.333. The first kappa shape index (κ1) is 26.6. The molecule has 1 aliphatic carbocycles. The first-order valence-corrected chi connectivity index (χ1v) is 13.6. The molecule has 10 nitrogen and oxygen atoms in total. The summed E-state index contributed by atoms with van der Waals surface area (Å²) in [5.74, 6) is -1.54. The zero-order valence-electron chi connectivity index (χ0n) is 20.5. The van der Waals surface area contributed by atoms with Gasteiger partial charge in [0, 0.05) is 28.2 Å². The van der Waals surface area contributed by atoms with Crippen LogP contribution in [-0.2, 0) is 14.8 Å². The topological polar surface area (TPSA) is 140 Å². The van der Waals surface area contributed by atoms with Gasteiger partial charge in [-0.1, -0.05) is 18.5 Å². The number of aromatic nitrogens is 2. The van der Waals surface area contributed by atoms with Crippen LogP contribution in [-0.4, -0.2) is 41.2 Å². The number of amides is 1. The molecule has 2 aromatic carbocycles. The summed E-state index contributed by atoms with van der Waals surface area (Å²) in [6.07, 6.45) is 2.15. The van der Waals surface area contributed by atoms with Gasteiger partial charge in [0.2, 0.25) is 21.8 Å². The van der Waals surface area contributed by atoms with E-state index in [2.05, 4.69) is 15.1 Å². The molecule has 0 radical (unpaired) electrons. The van der Waals surface area contributed by atoms with E-state index in [1.807, 2.05) is 6.92 Å². The summed E-state index contributed by atoms with van der Waals surface area (Å²) >= 11 is 6.00. The van der Waals surface area contributed by atoms with Gasteiger partial charge in [-0.2, -0.15) is 9.78 Å². The van der Waals surface area contributed by atoms with Crippen LogP contribution < -0.4 is 14.8 Å². The fourth-order valence-electron chi connectivity index (χ4n) is 3.55. The van der Waals surface area contributed by atoms with Gasteiger partial charge in [0.05, 0.1) is 5.69 Å². The van der Waals surface area contributed by atoms with Crippen LogP contribution in [0.5, 0.6) is 11.6 Å². The Morgan fingerprint density at radius 2 is 1.89 bits per heavy atom. The van der Waals surface area contributed by atoms with Crippen molar-refractivity contribution in [1.82, 2.24) is 14.5 Å². The Bertz CT molecular complexity index is 1450. The molecule has 12 heteroatoms. The number of aromatic carboxylic acids is 1. The predicted molar refractivity (Wildman–Crippen MR) is 138 cm³/mol. The van der Waals surface area contributed by atoms with Crippen LogP contribution in [0.4, 0.5) is 5.69 Å². The third-order valence-corrected chi connectivity index (χ3v) is 7.83. The van der Waals surface area contributed by atoms with E-state index in [1.165, 1.54) is 29.8 Å². The van der Waals surface area contributed by atoms with E-state index in [0.29, 0.717) is 22.8 Å². The lowest BCUT2D eigenvalue weighted by molar-refractivity contribution is -0.117. The highest BCUT2D eigenvalue weighted by Gasteiger charge is 2.31. The van der Waals surface area contributed by atoms with E-state index < -0.39 is 16.0 Å². The third-order valence-electron chi connectivity index (χ3n) is 5.97. The van der Waals surface area contributed by atoms with Crippen LogP contribution >= 0.6 is 11.6 Å². The van der Waals surface area contributed by atoms with E-state index in [-0.39, 0.29) is 45.6 Å². The molecule has 3 aromatic rings. The van der Waals surface area contributed by atoms with Crippen LogP contribution in [0, 0.1) is 12.8 Å². The number of ether oxygens (including phenoxy) is 1. The lowest BCUT2D eigenvalue weighted by atomic mass is 10.2. The summed E-state index contributed by atoms with van der Waals surface area (Å²) in [6.45, 7) is 5.10. The van der Waals surface area contributed by atoms with Gasteiger partial charge in [-0.25, -0.2) is 17.9 Å². The van der Waals surface area contributed by atoms with Crippen molar-refractivity contribution in [2.24, 2.45) is 5.92 Å². The molecular formula is C25H27ClN4O6S. The van der Waals surface area contributed by atoms with Gasteiger partial charge < -0.3 is 15.2 Å². The van der Waals surface area contributed by atoms with E-state index in [4.69, 9.17) is 16.3 Å². The first-order chi connectivity index (χ1) is 17.5. The molecule has 196 valence electrons. The van der Waals surface area contributed by atoms with Gasteiger partial charge in [-0.05, 0) is 75.6 Å². The van der Waals surface area contributed by atoms with Gasteiger partial charge in [0.1, 0.15) is 10.6 Å². The van der Waals surface area contributed by atoms with Gasteiger partial charge in [0.15, 0.2) is 5.69 Å². The number of carbonyl (C=O) groups is 2. The average molecular weight is 547 g/mol. The standard InChI is InChI=1S/C25H27ClN4O6S/c1-4-14(2)29-37(34,35)21-13-18(27-23(31)16-5-6-16)9-12-20(21)36-24-15(3)22(25(32)33)28-30(24)19-10-7-17(26)8-11-19/h7-14,16,29H,4-6H2,1-3H3,(H,27,31)(H,32,33).